The molecular weight excluding hydrogens is 408 g/mol. The molecule has 0 bridgehead atoms. The first-order valence-corrected chi connectivity index (χ1v) is 10.5. The van der Waals surface area contributed by atoms with Crippen LogP contribution in [0.2, 0.25) is 0 Å². The number of rotatable bonds is 8. The molecule has 0 spiro atoms. The second-order valence-electron chi connectivity index (χ2n) is 6.55. The van der Waals surface area contributed by atoms with Crippen LogP contribution in [-0.2, 0) is 0 Å². The van der Waals surface area contributed by atoms with E-state index in [1.54, 1.807) is 30.6 Å². The number of benzene rings is 1. The van der Waals surface area contributed by atoms with E-state index < -0.39 is 0 Å². The molecule has 1 aromatic carbocycles. The zero-order valence-electron chi connectivity index (χ0n) is 16.7. The van der Waals surface area contributed by atoms with Crippen LogP contribution in [0.3, 0.4) is 0 Å². The highest BCUT2D eigenvalue weighted by Gasteiger charge is 2.14. The van der Waals surface area contributed by atoms with Crippen molar-refractivity contribution in [1.82, 2.24) is 15.0 Å². The number of carbonyl (C=O) groups is 1. The fraction of sp³-hybridized carbons (Fsp3) is 0.0833. The van der Waals surface area contributed by atoms with Crippen LogP contribution in [0.1, 0.15) is 16.8 Å². The van der Waals surface area contributed by atoms with Gasteiger partial charge in [0, 0.05) is 30.2 Å². The Labute approximate surface area is 184 Å². The first-order valence-electron chi connectivity index (χ1n) is 9.72. The van der Waals surface area contributed by atoms with Gasteiger partial charge in [-0.15, -0.1) is 11.3 Å². The molecule has 4 rings (SSSR count). The minimum Gasteiger partial charge on any atom is -0.477 e. The first kappa shape index (κ1) is 20.4. The van der Waals surface area contributed by atoms with E-state index in [4.69, 9.17) is 4.74 Å². The van der Waals surface area contributed by atoms with E-state index in [0.29, 0.717) is 23.7 Å². The maximum atomic E-state index is 12.8. The van der Waals surface area contributed by atoms with E-state index >= 15 is 0 Å². The molecule has 1 amide bonds. The molecule has 0 unspecified atom stereocenters. The fourth-order valence-electron chi connectivity index (χ4n) is 2.89. The van der Waals surface area contributed by atoms with Crippen molar-refractivity contribution < 1.29 is 9.53 Å². The van der Waals surface area contributed by atoms with Crippen LogP contribution in [0.5, 0.6) is 5.88 Å². The quantitative estimate of drug-likeness (QED) is 0.295. The number of nitrogens with one attached hydrogen (secondary N) is 1. The highest BCUT2D eigenvalue weighted by Crippen LogP contribution is 2.34. The molecule has 3 heterocycles. The third-order valence-electron chi connectivity index (χ3n) is 4.40. The molecule has 0 aliphatic rings. The lowest BCUT2D eigenvalue weighted by atomic mass is 10.1. The van der Waals surface area contributed by atoms with Crippen molar-refractivity contribution in [1.29, 1.82) is 0 Å². The van der Waals surface area contributed by atoms with E-state index in [2.05, 4.69) is 26.8 Å². The molecule has 4 aromatic rings. The van der Waals surface area contributed by atoms with Crippen molar-refractivity contribution in [3.8, 4) is 16.5 Å². The standard InChI is InChI=1S/C24H20N4O2S/c1-2-3-4-7-14-30-22-11-10-17(15-26-22)23(29)27-19-9-6-5-8-18(19)24-28-20-12-13-25-16-21(20)31-24/h2-6,8-13,15-16H,1,7,14H2,(H,27,29)/b4-3-. The number of carbonyl (C=O) groups excluding carboxylic acids is 1. The number of pyridine rings is 2. The Hall–Kier alpha value is -3.84. The number of allylic oxidation sites excluding steroid dienone is 2. The van der Waals surface area contributed by atoms with Crippen LogP contribution in [0.15, 0.2) is 85.9 Å². The lowest BCUT2D eigenvalue weighted by Gasteiger charge is -2.10. The number of aromatic nitrogens is 3. The number of thiazole rings is 1. The lowest BCUT2D eigenvalue weighted by molar-refractivity contribution is 0.102. The second kappa shape index (κ2) is 9.77. The molecule has 0 saturated heterocycles. The Morgan fingerprint density at radius 3 is 2.87 bits per heavy atom. The summed E-state index contributed by atoms with van der Waals surface area (Å²) in [5, 5.41) is 3.79. The van der Waals surface area contributed by atoms with Gasteiger partial charge in [-0.3, -0.25) is 9.78 Å². The minimum absolute atomic E-state index is 0.247. The van der Waals surface area contributed by atoms with E-state index in [0.717, 1.165) is 27.2 Å². The van der Waals surface area contributed by atoms with Crippen LogP contribution >= 0.6 is 11.3 Å². The monoisotopic (exact) mass is 428 g/mol. The molecule has 0 radical (unpaired) electrons. The maximum absolute atomic E-state index is 12.8. The van der Waals surface area contributed by atoms with E-state index in [9.17, 15) is 4.79 Å². The van der Waals surface area contributed by atoms with Gasteiger partial charge in [-0.2, -0.15) is 0 Å². The number of nitrogens with zero attached hydrogens (tertiary/aromatic N) is 3. The Morgan fingerprint density at radius 2 is 2.06 bits per heavy atom. The zero-order valence-corrected chi connectivity index (χ0v) is 17.5. The molecule has 7 heteroatoms. The van der Waals surface area contributed by atoms with Gasteiger partial charge >= 0.3 is 0 Å². The Bertz CT molecular complexity index is 1200. The normalized spacial score (nSPS) is 11.0. The average molecular weight is 429 g/mol. The predicted octanol–water partition coefficient (Wildman–Crippen LogP) is 5.52. The summed E-state index contributed by atoms with van der Waals surface area (Å²) in [5.41, 5.74) is 2.88. The van der Waals surface area contributed by atoms with Gasteiger partial charge in [-0.25, -0.2) is 9.97 Å². The highest BCUT2D eigenvalue weighted by molar-refractivity contribution is 7.21. The molecule has 154 valence electrons. The van der Waals surface area contributed by atoms with Crippen LogP contribution in [0.25, 0.3) is 20.8 Å². The summed E-state index contributed by atoms with van der Waals surface area (Å²) in [6, 6.07) is 12.9. The average Bonchev–Trinajstić information content (AvgIpc) is 3.24. The van der Waals surface area contributed by atoms with Gasteiger partial charge in [0.2, 0.25) is 5.88 Å². The van der Waals surface area contributed by atoms with Gasteiger partial charge < -0.3 is 10.1 Å². The largest absolute Gasteiger partial charge is 0.477 e. The minimum atomic E-state index is -0.247. The summed E-state index contributed by atoms with van der Waals surface area (Å²) in [4.78, 5) is 25.8. The summed E-state index contributed by atoms with van der Waals surface area (Å²) < 4.78 is 6.57. The van der Waals surface area contributed by atoms with Gasteiger partial charge in [0.1, 0.15) is 5.01 Å². The number of para-hydroxylation sites is 1. The number of fused-ring (bicyclic) bond motifs is 1. The van der Waals surface area contributed by atoms with Crippen LogP contribution in [0, 0.1) is 0 Å². The maximum Gasteiger partial charge on any atom is 0.257 e. The summed E-state index contributed by atoms with van der Waals surface area (Å²) >= 11 is 1.54. The number of ether oxygens (including phenoxy) is 1. The Morgan fingerprint density at radius 1 is 1.16 bits per heavy atom. The molecule has 0 aliphatic heterocycles. The molecule has 0 atom stereocenters. The molecule has 0 aliphatic carbocycles. The Kier molecular flexibility index (Phi) is 6.44. The number of amides is 1. The van der Waals surface area contributed by atoms with Crippen molar-refractivity contribution in [3.63, 3.8) is 0 Å². The first-order chi connectivity index (χ1) is 15.2. The van der Waals surface area contributed by atoms with Crippen molar-refractivity contribution in [2.45, 2.75) is 6.42 Å². The fourth-order valence-corrected chi connectivity index (χ4v) is 3.86. The van der Waals surface area contributed by atoms with Gasteiger partial charge in [-0.05, 0) is 30.7 Å². The van der Waals surface area contributed by atoms with Gasteiger partial charge in [0.05, 0.1) is 28.1 Å². The molecule has 0 fully saturated rings. The van der Waals surface area contributed by atoms with Crippen LogP contribution in [-0.4, -0.2) is 27.5 Å². The highest BCUT2D eigenvalue weighted by atomic mass is 32.1. The van der Waals surface area contributed by atoms with Gasteiger partial charge in [0.15, 0.2) is 0 Å². The van der Waals surface area contributed by atoms with Crippen LogP contribution in [0.4, 0.5) is 5.69 Å². The number of anilines is 1. The third-order valence-corrected chi connectivity index (χ3v) is 5.44. The van der Waals surface area contributed by atoms with Crippen molar-refractivity contribution in [3.05, 3.63) is 91.4 Å². The SMILES string of the molecule is C=C/C=C\CCOc1ccc(C(=O)Nc2ccccc2-c2nc3ccncc3s2)cn1. The Balaban J connectivity index is 1.46. The van der Waals surface area contributed by atoms with E-state index in [1.165, 1.54) is 17.5 Å². The molecular formula is C24H20N4O2S. The second-order valence-corrected chi connectivity index (χ2v) is 7.58. The predicted molar refractivity (Wildman–Crippen MR) is 124 cm³/mol. The van der Waals surface area contributed by atoms with Crippen LogP contribution < -0.4 is 10.1 Å². The summed E-state index contributed by atoms with van der Waals surface area (Å²) in [6.45, 7) is 4.13. The summed E-state index contributed by atoms with van der Waals surface area (Å²) in [7, 11) is 0. The van der Waals surface area contributed by atoms with Crippen molar-refractivity contribution >= 4 is 33.1 Å². The molecule has 6 nitrogen and oxygen atoms in total. The third kappa shape index (κ3) is 5.02. The van der Waals surface area contributed by atoms with E-state index in [-0.39, 0.29) is 5.91 Å². The summed E-state index contributed by atoms with van der Waals surface area (Å²) in [5.74, 6) is 0.232. The molecule has 0 saturated carbocycles. The smallest absolute Gasteiger partial charge is 0.257 e. The summed E-state index contributed by atoms with van der Waals surface area (Å²) in [6.07, 6.45) is 11.3. The zero-order chi connectivity index (χ0) is 21.5. The van der Waals surface area contributed by atoms with Crippen molar-refractivity contribution in [2.75, 3.05) is 11.9 Å². The molecule has 1 N–H and O–H groups in total. The van der Waals surface area contributed by atoms with Gasteiger partial charge in [-0.1, -0.05) is 36.9 Å². The molecule has 31 heavy (non-hydrogen) atoms. The topological polar surface area (TPSA) is 77.0 Å². The number of hydrogen-bond acceptors (Lipinski definition) is 6. The number of hydrogen-bond donors (Lipinski definition) is 1. The van der Waals surface area contributed by atoms with Gasteiger partial charge in [0.25, 0.3) is 5.91 Å². The molecule has 3 aromatic heterocycles. The van der Waals surface area contributed by atoms with Crippen molar-refractivity contribution in [2.24, 2.45) is 0 Å². The lowest BCUT2D eigenvalue weighted by Crippen LogP contribution is -2.13. The van der Waals surface area contributed by atoms with E-state index in [1.807, 2.05) is 42.5 Å².